The minimum Gasteiger partial charge on any atom is -0.461 e. The van der Waals surface area contributed by atoms with Crippen LogP contribution < -0.4 is 10.0 Å². The van der Waals surface area contributed by atoms with Crippen LogP contribution in [0.4, 0.5) is 13.2 Å². The van der Waals surface area contributed by atoms with Crippen molar-refractivity contribution in [2.24, 2.45) is 0 Å². The van der Waals surface area contributed by atoms with Gasteiger partial charge in [-0.1, -0.05) is 18.7 Å². The van der Waals surface area contributed by atoms with E-state index in [9.17, 15) is 31.2 Å². The minimum atomic E-state index is -4.44. The molecule has 0 aromatic heterocycles. The third-order valence-electron chi connectivity index (χ3n) is 3.48. The summed E-state index contributed by atoms with van der Waals surface area (Å²) in [6.07, 6.45) is -3.86. The Labute approximate surface area is 161 Å². The molecule has 28 heavy (non-hydrogen) atoms. The maximum Gasteiger partial charge on any atom is 0.416 e. The van der Waals surface area contributed by atoms with E-state index in [-0.39, 0.29) is 25.1 Å². The molecule has 0 aliphatic rings. The molecule has 2 N–H and O–H groups in total. The first-order chi connectivity index (χ1) is 12.8. The second-order valence-corrected chi connectivity index (χ2v) is 7.82. The Morgan fingerprint density at radius 3 is 2.29 bits per heavy atom. The minimum absolute atomic E-state index is 0.116. The number of carbonyl (C=O) groups is 2. The highest BCUT2D eigenvalue weighted by molar-refractivity contribution is 7.88. The summed E-state index contributed by atoms with van der Waals surface area (Å²) in [5.74, 6) is -1.42. The number of halogens is 3. The molecule has 0 radical (unpaired) electrons. The molecule has 0 bridgehead atoms. The average Bonchev–Trinajstić information content (AvgIpc) is 2.56. The Hall–Kier alpha value is -2.40. The molecule has 0 heterocycles. The molecule has 0 saturated heterocycles. The fourth-order valence-corrected chi connectivity index (χ4v) is 2.53. The molecule has 1 amide bonds. The Kier molecular flexibility index (Phi) is 8.18. The van der Waals surface area contributed by atoms with Crippen LogP contribution in [0.15, 0.2) is 36.4 Å². The first-order valence-electron chi connectivity index (χ1n) is 8.05. The van der Waals surface area contributed by atoms with Gasteiger partial charge in [-0.25, -0.2) is 17.9 Å². The van der Waals surface area contributed by atoms with Crippen molar-refractivity contribution in [1.82, 2.24) is 10.0 Å². The van der Waals surface area contributed by atoms with Crippen molar-refractivity contribution in [2.75, 3.05) is 19.4 Å². The lowest BCUT2D eigenvalue weighted by Gasteiger charge is -2.16. The van der Waals surface area contributed by atoms with Crippen LogP contribution in [-0.2, 0) is 30.5 Å². The number of amides is 1. The highest BCUT2D eigenvalue weighted by Crippen LogP contribution is 2.29. The van der Waals surface area contributed by atoms with E-state index in [1.165, 1.54) is 12.1 Å². The first-order valence-corrected chi connectivity index (χ1v) is 9.95. The maximum absolute atomic E-state index is 12.6. The number of rotatable bonds is 9. The number of sulfonamides is 1. The third-order valence-corrected chi connectivity index (χ3v) is 4.21. The van der Waals surface area contributed by atoms with Gasteiger partial charge in [-0.2, -0.15) is 13.2 Å². The zero-order chi connectivity index (χ0) is 21.5. The van der Waals surface area contributed by atoms with Gasteiger partial charge in [0.25, 0.3) is 0 Å². The van der Waals surface area contributed by atoms with E-state index in [4.69, 9.17) is 4.74 Å². The molecule has 7 nitrogen and oxygen atoms in total. The van der Waals surface area contributed by atoms with Crippen LogP contribution in [0.25, 0.3) is 0 Å². The van der Waals surface area contributed by atoms with Gasteiger partial charge in [0.2, 0.25) is 15.9 Å². The highest BCUT2D eigenvalue weighted by atomic mass is 32.2. The smallest absolute Gasteiger partial charge is 0.416 e. The lowest BCUT2D eigenvalue weighted by molar-refractivity contribution is -0.140. The summed E-state index contributed by atoms with van der Waals surface area (Å²) in [6.45, 7) is 4.68. The largest absolute Gasteiger partial charge is 0.461 e. The van der Waals surface area contributed by atoms with Crippen LogP contribution in [0.2, 0.25) is 0 Å². The average molecular weight is 422 g/mol. The molecule has 1 rings (SSSR count). The van der Waals surface area contributed by atoms with Gasteiger partial charge in [0.05, 0.1) is 24.3 Å². The van der Waals surface area contributed by atoms with Crippen molar-refractivity contribution < 1.29 is 35.9 Å². The van der Waals surface area contributed by atoms with Crippen LogP contribution in [0, 0.1) is 0 Å². The van der Waals surface area contributed by atoms with Crippen molar-refractivity contribution in [3.05, 3.63) is 47.5 Å². The molecule has 0 fully saturated rings. The van der Waals surface area contributed by atoms with Gasteiger partial charge in [0, 0.05) is 12.1 Å². The number of alkyl halides is 3. The summed E-state index contributed by atoms with van der Waals surface area (Å²) in [6, 6.07) is 3.76. The van der Waals surface area contributed by atoms with Gasteiger partial charge in [0.1, 0.15) is 6.61 Å². The summed E-state index contributed by atoms with van der Waals surface area (Å²) in [7, 11) is -3.40. The normalized spacial score (nSPS) is 12.9. The molecule has 0 aliphatic carbocycles. The SMILES string of the molecule is C=C(CC(=O)N[C@@H](C)c1ccc(C(F)(F)F)cc1)C(=O)OCCNS(C)(=O)=O. The summed E-state index contributed by atoms with van der Waals surface area (Å²) >= 11 is 0. The van der Waals surface area contributed by atoms with Crippen LogP contribution in [-0.4, -0.2) is 39.7 Å². The van der Waals surface area contributed by atoms with Crippen LogP contribution in [0.3, 0.4) is 0 Å². The van der Waals surface area contributed by atoms with Crippen molar-refractivity contribution in [2.45, 2.75) is 25.6 Å². The second-order valence-electron chi connectivity index (χ2n) is 5.99. The Morgan fingerprint density at radius 2 is 1.79 bits per heavy atom. The number of hydrogen-bond donors (Lipinski definition) is 2. The van der Waals surface area contributed by atoms with Crippen LogP contribution >= 0.6 is 0 Å². The van der Waals surface area contributed by atoms with Gasteiger partial charge in [-0.3, -0.25) is 4.79 Å². The zero-order valence-electron chi connectivity index (χ0n) is 15.3. The van der Waals surface area contributed by atoms with Gasteiger partial charge >= 0.3 is 12.1 Å². The summed E-state index contributed by atoms with van der Waals surface area (Å²) in [4.78, 5) is 23.7. The van der Waals surface area contributed by atoms with Crippen molar-refractivity contribution >= 4 is 21.9 Å². The Morgan fingerprint density at radius 1 is 1.21 bits per heavy atom. The molecule has 1 aromatic carbocycles. The molecule has 1 aromatic rings. The lowest BCUT2D eigenvalue weighted by atomic mass is 10.1. The number of nitrogens with one attached hydrogen (secondary N) is 2. The van der Waals surface area contributed by atoms with Crippen molar-refractivity contribution in [3.63, 3.8) is 0 Å². The van der Waals surface area contributed by atoms with Gasteiger partial charge < -0.3 is 10.1 Å². The number of hydrogen-bond acceptors (Lipinski definition) is 5. The standard InChI is InChI=1S/C17H21F3N2O5S/c1-11(16(24)27-9-8-21-28(3,25)26)10-15(23)22-12(2)13-4-6-14(7-5-13)17(18,19)20/h4-7,12,21H,1,8-10H2,2-3H3,(H,22,23)/t12-/m0/s1. The number of esters is 1. The maximum atomic E-state index is 12.6. The van der Waals surface area contributed by atoms with E-state index in [2.05, 4.69) is 16.6 Å². The predicted octanol–water partition coefficient (Wildman–Crippen LogP) is 1.92. The summed E-state index contributed by atoms with van der Waals surface area (Å²) < 4.78 is 66.3. The van der Waals surface area contributed by atoms with Gasteiger partial charge in [-0.05, 0) is 24.6 Å². The Balaban J connectivity index is 2.47. The fraction of sp³-hybridized carbons (Fsp3) is 0.412. The highest BCUT2D eigenvalue weighted by Gasteiger charge is 2.30. The number of ether oxygens (including phenoxy) is 1. The molecule has 0 aliphatic heterocycles. The molecule has 0 saturated carbocycles. The lowest BCUT2D eigenvalue weighted by Crippen LogP contribution is -2.29. The van der Waals surface area contributed by atoms with Crippen molar-refractivity contribution in [1.29, 1.82) is 0 Å². The molecule has 1 atom stereocenters. The molecular formula is C17H21F3N2O5S. The van der Waals surface area contributed by atoms with E-state index in [1.54, 1.807) is 6.92 Å². The summed E-state index contributed by atoms with van der Waals surface area (Å²) in [5.41, 5.74) is -0.478. The first kappa shape index (κ1) is 23.6. The second kappa shape index (κ2) is 9.69. The molecule has 11 heteroatoms. The van der Waals surface area contributed by atoms with Crippen molar-refractivity contribution in [3.8, 4) is 0 Å². The van der Waals surface area contributed by atoms with E-state index < -0.39 is 39.7 Å². The number of benzene rings is 1. The van der Waals surface area contributed by atoms with Crippen LogP contribution in [0.1, 0.15) is 30.5 Å². The molecule has 0 unspecified atom stereocenters. The zero-order valence-corrected chi connectivity index (χ0v) is 16.1. The monoisotopic (exact) mass is 422 g/mol. The van der Waals surface area contributed by atoms with E-state index in [0.717, 1.165) is 18.4 Å². The topological polar surface area (TPSA) is 102 Å². The van der Waals surface area contributed by atoms with E-state index in [1.807, 2.05) is 0 Å². The fourth-order valence-electron chi connectivity index (χ4n) is 2.08. The third kappa shape index (κ3) is 8.53. The predicted molar refractivity (Wildman–Crippen MR) is 95.6 cm³/mol. The van der Waals surface area contributed by atoms with Gasteiger partial charge in [0.15, 0.2) is 0 Å². The summed E-state index contributed by atoms with van der Waals surface area (Å²) in [5, 5.41) is 2.55. The number of carbonyl (C=O) groups excluding carboxylic acids is 2. The molecule has 0 spiro atoms. The van der Waals surface area contributed by atoms with Crippen LogP contribution in [0.5, 0.6) is 0 Å². The molecular weight excluding hydrogens is 401 g/mol. The van der Waals surface area contributed by atoms with E-state index in [0.29, 0.717) is 5.56 Å². The molecule has 156 valence electrons. The van der Waals surface area contributed by atoms with Gasteiger partial charge in [-0.15, -0.1) is 0 Å². The Bertz CT molecular complexity index is 820. The van der Waals surface area contributed by atoms with E-state index >= 15 is 0 Å². The quantitative estimate of drug-likeness (QED) is 0.360.